The Bertz CT molecular complexity index is 848. The molecule has 0 radical (unpaired) electrons. The summed E-state index contributed by atoms with van der Waals surface area (Å²) < 4.78 is 19.3. The van der Waals surface area contributed by atoms with E-state index in [2.05, 4.69) is 5.32 Å². The van der Waals surface area contributed by atoms with Crippen LogP contribution in [0.15, 0.2) is 78.9 Å². The summed E-state index contributed by atoms with van der Waals surface area (Å²) in [6, 6.07) is 23.6. The maximum Gasteiger partial charge on any atom is 0.224 e. The number of aryl methyl sites for hydroxylation is 1. The predicted molar refractivity (Wildman–Crippen MR) is 101 cm³/mol. The standard InChI is InChI=1S/C22H20FNO2/c23-21-9-5-4-8-18(21)10-15-22(25)24-19-11-13-20(14-12-19)26-16-17-6-2-1-3-7-17/h1-9,11-14H,10,15-16H2,(H,24,25). The molecule has 0 aliphatic rings. The average Bonchev–Trinajstić information content (AvgIpc) is 2.68. The number of ether oxygens (including phenoxy) is 1. The number of amides is 1. The van der Waals surface area contributed by atoms with E-state index in [1.807, 2.05) is 42.5 Å². The number of carbonyl (C=O) groups is 1. The number of rotatable bonds is 7. The second-order valence-corrected chi connectivity index (χ2v) is 5.94. The largest absolute Gasteiger partial charge is 0.489 e. The normalized spacial score (nSPS) is 10.3. The molecule has 0 spiro atoms. The number of benzene rings is 3. The minimum absolute atomic E-state index is 0.147. The van der Waals surface area contributed by atoms with Gasteiger partial charge < -0.3 is 10.1 Å². The zero-order chi connectivity index (χ0) is 18.2. The van der Waals surface area contributed by atoms with Crippen LogP contribution < -0.4 is 10.1 Å². The molecule has 0 fully saturated rings. The lowest BCUT2D eigenvalue weighted by molar-refractivity contribution is -0.116. The molecule has 0 unspecified atom stereocenters. The van der Waals surface area contributed by atoms with Gasteiger partial charge in [-0.3, -0.25) is 4.79 Å². The fourth-order valence-electron chi connectivity index (χ4n) is 2.55. The van der Waals surface area contributed by atoms with Crippen LogP contribution in [0.1, 0.15) is 17.5 Å². The van der Waals surface area contributed by atoms with Crippen molar-refractivity contribution >= 4 is 11.6 Å². The van der Waals surface area contributed by atoms with Crippen molar-refractivity contribution in [2.24, 2.45) is 0 Å². The second-order valence-electron chi connectivity index (χ2n) is 5.94. The highest BCUT2D eigenvalue weighted by Gasteiger charge is 2.06. The summed E-state index contributed by atoms with van der Waals surface area (Å²) in [5.74, 6) is 0.310. The Morgan fingerprint density at radius 2 is 1.58 bits per heavy atom. The summed E-state index contributed by atoms with van der Waals surface area (Å²) in [4.78, 5) is 12.0. The number of carbonyl (C=O) groups excluding carboxylic acids is 1. The van der Waals surface area contributed by atoms with E-state index in [1.54, 1.807) is 30.3 Å². The first kappa shape index (κ1) is 17.7. The fourth-order valence-corrected chi connectivity index (χ4v) is 2.55. The van der Waals surface area contributed by atoms with Gasteiger partial charge in [0.1, 0.15) is 18.2 Å². The van der Waals surface area contributed by atoms with Crippen molar-refractivity contribution in [3.8, 4) is 5.75 Å². The molecule has 132 valence electrons. The first-order valence-electron chi connectivity index (χ1n) is 8.51. The van der Waals surface area contributed by atoms with Crippen LogP contribution in [0, 0.1) is 5.82 Å². The summed E-state index contributed by atoms with van der Waals surface area (Å²) in [6.07, 6.45) is 0.601. The fraction of sp³-hybridized carbons (Fsp3) is 0.136. The molecule has 1 N–H and O–H groups in total. The topological polar surface area (TPSA) is 38.3 Å². The van der Waals surface area contributed by atoms with Crippen molar-refractivity contribution < 1.29 is 13.9 Å². The Hall–Kier alpha value is -3.14. The van der Waals surface area contributed by atoms with E-state index in [4.69, 9.17) is 4.74 Å². The van der Waals surface area contributed by atoms with Crippen molar-refractivity contribution in [2.75, 3.05) is 5.32 Å². The Morgan fingerprint density at radius 3 is 2.31 bits per heavy atom. The molecule has 3 aromatic carbocycles. The number of nitrogens with one attached hydrogen (secondary N) is 1. The highest BCUT2D eigenvalue weighted by molar-refractivity contribution is 5.90. The quantitative estimate of drug-likeness (QED) is 0.653. The van der Waals surface area contributed by atoms with Crippen molar-refractivity contribution in [1.82, 2.24) is 0 Å². The van der Waals surface area contributed by atoms with Gasteiger partial charge in [0, 0.05) is 12.1 Å². The third kappa shape index (κ3) is 5.18. The molecule has 3 nitrogen and oxygen atoms in total. The van der Waals surface area contributed by atoms with Crippen LogP contribution in [0.5, 0.6) is 5.75 Å². The lowest BCUT2D eigenvalue weighted by atomic mass is 10.1. The van der Waals surface area contributed by atoms with Gasteiger partial charge in [-0.25, -0.2) is 4.39 Å². The first-order valence-corrected chi connectivity index (χ1v) is 8.51. The number of halogens is 1. The van der Waals surface area contributed by atoms with Gasteiger partial charge in [0.15, 0.2) is 0 Å². The Balaban J connectivity index is 1.47. The first-order chi connectivity index (χ1) is 12.7. The van der Waals surface area contributed by atoms with Gasteiger partial charge >= 0.3 is 0 Å². The van der Waals surface area contributed by atoms with E-state index in [9.17, 15) is 9.18 Å². The molecule has 26 heavy (non-hydrogen) atoms. The third-order valence-corrected chi connectivity index (χ3v) is 3.97. The molecule has 0 saturated heterocycles. The highest BCUT2D eigenvalue weighted by atomic mass is 19.1. The smallest absolute Gasteiger partial charge is 0.224 e. The number of hydrogen-bond acceptors (Lipinski definition) is 2. The monoisotopic (exact) mass is 349 g/mol. The second kappa shape index (κ2) is 8.81. The number of hydrogen-bond donors (Lipinski definition) is 1. The molecule has 0 atom stereocenters. The molecule has 0 aliphatic heterocycles. The van der Waals surface area contributed by atoms with Crippen LogP contribution in [0.2, 0.25) is 0 Å². The molecule has 0 aliphatic carbocycles. The van der Waals surface area contributed by atoms with Crippen LogP contribution in [-0.2, 0) is 17.8 Å². The lowest BCUT2D eigenvalue weighted by Gasteiger charge is -2.09. The molecule has 3 rings (SSSR count). The minimum Gasteiger partial charge on any atom is -0.489 e. The zero-order valence-electron chi connectivity index (χ0n) is 14.3. The van der Waals surface area contributed by atoms with Crippen LogP contribution in [0.4, 0.5) is 10.1 Å². The van der Waals surface area contributed by atoms with Gasteiger partial charge in [-0.2, -0.15) is 0 Å². The van der Waals surface area contributed by atoms with E-state index in [1.165, 1.54) is 6.07 Å². The van der Waals surface area contributed by atoms with Crippen LogP contribution in [-0.4, -0.2) is 5.91 Å². The molecule has 3 aromatic rings. The van der Waals surface area contributed by atoms with Crippen LogP contribution in [0.3, 0.4) is 0 Å². The van der Waals surface area contributed by atoms with Gasteiger partial charge in [0.25, 0.3) is 0 Å². The Morgan fingerprint density at radius 1 is 0.885 bits per heavy atom. The molecular weight excluding hydrogens is 329 g/mol. The zero-order valence-corrected chi connectivity index (χ0v) is 14.3. The molecule has 1 amide bonds. The lowest BCUT2D eigenvalue weighted by Crippen LogP contribution is -2.12. The molecular formula is C22H20FNO2. The minimum atomic E-state index is -0.278. The molecule has 0 saturated carbocycles. The van der Waals surface area contributed by atoms with E-state index < -0.39 is 0 Å². The summed E-state index contributed by atoms with van der Waals surface area (Å²) >= 11 is 0. The Kier molecular flexibility index (Phi) is 5.99. The van der Waals surface area contributed by atoms with E-state index in [0.717, 1.165) is 11.3 Å². The molecule has 0 aromatic heterocycles. The average molecular weight is 349 g/mol. The van der Waals surface area contributed by atoms with Gasteiger partial charge in [-0.05, 0) is 47.9 Å². The predicted octanol–water partition coefficient (Wildman–Crippen LogP) is 4.98. The van der Waals surface area contributed by atoms with Gasteiger partial charge in [-0.1, -0.05) is 48.5 Å². The maximum atomic E-state index is 13.6. The summed E-state index contributed by atoms with van der Waals surface area (Å²) in [7, 11) is 0. The van der Waals surface area contributed by atoms with Crippen molar-refractivity contribution in [3.05, 3.63) is 95.8 Å². The van der Waals surface area contributed by atoms with Crippen LogP contribution in [0.25, 0.3) is 0 Å². The summed E-state index contributed by atoms with van der Waals surface area (Å²) in [5.41, 5.74) is 2.33. The molecule has 0 bridgehead atoms. The highest BCUT2D eigenvalue weighted by Crippen LogP contribution is 2.18. The van der Waals surface area contributed by atoms with E-state index in [0.29, 0.717) is 24.3 Å². The maximum absolute atomic E-state index is 13.6. The SMILES string of the molecule is O=C(CCc1ccccc1F)Nc1ccc(OCc2ccccc2)cc1. The van der Waals surface area contributed by atoms with E-state index >= 15 is 0 Å². The van der Waals surface area contributed by atoms with Crippen molar-refractivity contribution in [3.63, 3.8) is 0 Å². The van der Waals surface area contributed by atoms with Gasteiger partial charge in [-0.15, -0.1) is 0 Å². The Labute approximate surface area is 152 Å². The summed E-state index contributed by atoms with van der Waals surface area (Å²) in [5, 5.41) is 2.82. The van der Waals surface area contributed by atoms with Gasteiger partial charge in [0.05, 0.1) is 0 Å². The molecule has 4 heteroatoms. The van der Waals surface area contributed by atoms with Crippen LogP contribution >= 0.6 is 0 Å². The van der Waals surface area contributed by atoms with Gasteiger partial charge in [0.2, 0.25) is 5.91 Å². The van der Waals surface area contributed by atoms with Crippen molar-refractivity contribution in [1.29, 1.82) is 0 Å². The van der Waals surface area contributed by atoms with Crippen molar-refractivity contribution in [2.45, 2.75) is 19.4 Å². The summed E-state index contributed by atoms with van der Waals surface area (Å²) in [6.45, 7) is 0.495. The third-order valence-electron chi connectivity index (χ3n) is 3.97. The van der Waals surface area contributed by atoms with E-state index in [-0.39, 0.29) is 18.1 Å². The molecule has 0 heterocycles. The number of anilines is 1.